The number of allylic oxidation sites excluding steroid dienone is 9. The van der Waals surface area contributed by atoms with Gasteiger partial charge in [-0.1, -0.05) is 49.8 Å². The Hall–Kier alpha value is -2.56. The fourth-order valence-corrected chi connectivity index (χ4v) is 2.92. The zero-order valence-corrected chi connectivity index (χ0v) is 15.4. The Morgan fingerprint density at radius 2 is 2.00 bits per heavy atom. The zero-order chi connectivity index (χ0) is 18.4. The van der Waals surface area contributed by atoms with E-state index in [1.54, 1.807) is 6.08 Å². The topological polar surface area (TPSA) is 81.8 Å². The third kappa shape index (κ3) is 5.48. The van der Waals surface area contributed by atoms with Crippen molar-refractivity contribution < 1.29 is 5.11 Å². The molecule has 0 unspecified atom stereocenters. The van der Waals surface area contributed by atoms with E-state index in [2.05, 4.69) is 29.0 Å². The summed E-state index contributed by atoms with van der Waals surface area (Å²) in [6.45, 7) is 8.32. The van der Waals surface area contributed by atoms with Crippen molar-refractivity contribution in [3.8, 4) is 0 Å². The van der Waals surface area contributed by atoms with Crippen LogP contribution in [0.25, 0.3) is 6.08 Å². The third-order valence-electron chi connectivity index (χ3n) is 4.37. The highest BCUT2D eigenvalue weighted by atomic mass is 16.3. The second-order valence-electron chi connectivity index (χ2n) is 7.15. The van der Waals surface area contributed by atoms with Gasteiger partial charge in [0.2, 0.25) is 0 Å². The Labute approximate surface area is 148 Å². The van der Waals surface area contributed by atoms with Crippen LogP contribution in [-0.4, -0.2) is 20.3 Å². The Morgan fingerprint density at radius 1 is 1.24 bits per heavy atom. The zero-order valence-electron chi connectivity index (χ0n) is 15.4. The van der Waals surface area contributed by atoms with Gasteiger partial charge < -0.3 is 5.11 Å². The lowest BCUT2D eigenvalue weighted by molar-refractivity contribution is 0.292. The third-order valence-corrected chi connectivity index (χ3v) is 4.37. The van der Waals surface area contributed by atoms with Gasteiger partial charge in [-0.05, 0) is 49.3 Å². The molecule has 5 heteroatoms. The van der Waals surface area contributed by atoms with E-state index in [1.807, 2.05) is 44.2 Å². The number of aliphatic hydroxyl groups excluding tert-OH is 1. The summed E-state index contributed by atoms with van der Waals surface area (Å²) >= 11 is 0. The average molecular weight is 341 g/mol. The highest BCUT2D eigenvalue weighted by Gasteiger charge is 2.28. The highest BCUT2D eigenvalue weighted by Crippen LogP contribution is 2.40. The molecule has 0 aliphatic heterocycles. The number of aromatic nitrogens is 3. The molecule has 1 aromatic rings. The first-order chi connectivity index (χ1) is 11.8. The van der Waals surface area contributed by atoms with Gasteiger partial charge in [0.15, 0.2) is 5.82 Å². The molecule has 0 radical (unpaired) electrons. The summed E-state index contributed by atoms with van der Waals surface area (Å²) in [4.78, 5) is 13.6. The predicted octanol–water partition coefficient (Wildman–Crippen LogP) is 4.58. The lowest BCUT2D eigenvalue weighted by atomic mass is 9.74. The van der Waals surface area contributed by atoms with Gasteiger partial charge >= 0.3 is 5.69 Å². The summed E-state index contributed by atoms with van der Waals surface area (Å²) < 4.78 is 0. The van der Waals surface area contributed by atoms with Gasteiger partial charge in [-0.25, -0.2) is 9.89 Å². The van der Waals surface area contributed by atoms with Crippen LogP contribution >= 0.6 is 0 Å². The molecule has 5 nitrogen and oxygen atoms in total. The quantitative estimate of drug-likeness (QED) is 0.686. The van der Waals surface area contributed by atoms with Crippen LogP contribution in [0.4, 0.5) is 0 Å². The standard InChI is InChI=1S/C20H27N3O2/c1-14(10-11-16-17(24)9-6-12-20(16,3)4)7-5-8-15(2)13-18-21-19(25)23-22-18/h5,7-8,10-11,13,24H,6,9,12H2,1-4H3,(H2,21,22,23,25)/b8-5+,11-10+,14-7+,15-13+. The number of hydrogen-bond donors (Lipinski definition) is 3. The number of hydrogen-bond acceptors (Lipinski definition) is 3. The molecule has 2 rings (SSSR count). The second kappa shape index (κ2) is 8.01. The molecule has 134 valence electrons. The van der Waals surface area contributed by atoms with Crippen molar-refractivity contribution in [1.82, 2.24) is 15.2 Å². The minimum Gasteiger partial charge on any atom is -0.512 e. The molecule has 0 spiro atoms. The Morgan fingerprint density at radius 3 is 2.64 bits per heavy atom. The molecule has 1 aliphatic rings. The molecular formula is C20H27N3O2. The van der Waals surface area contributed by atoms with E-state index in [0.717, 1.165) is 36.0 Å². The van der Waals surface area contributed by atoms with Crippen molar-refractivity contribution in [3.63, 3.8) is 0 Å². The molecule has 1 heterocycles. The molecule has 0 bridgehead atoms. The van der Waals surface area contributed by atoms with E-state index in [9.17, 15) is 9.90 Å². The molecule has 25 heavy (non-hydrogen) atoms. The van der Waals surface area contributed by atoms with Gasteiger partial charge in [-0.2, -0.15) is 5.10 Å². The summed E-state index contributed by atoms with van der Waals surface area (Å²) in [5.41, 5.74) is 2.82. The molecule has 0 aromatic carbocycles. The maximum atomic E-state index is 11.0. The summed E-state index contributed by atoms with van der Waals surface area (Å²) in [6.07, 6.45) is 14.7. The number of aromatic amines is 2. The van der Waals surface area contributed by atoms with E-state index in [4.69, 9.17) is 0 Å². The van der Waals surface area contributed by atoms with Crippen molar-refractivity contribution in [3.05, 3.63) is 69.2 Å². The molecule has 1 aromatic heterocycles. The molecular weight excluding hydrogens is 314 g/mol. The van der Waals surface area contributed by atoms with E-state index in [0.29, 0.717) is 11.6 Å². The fraction of sp³-hybridized carbons (Fsp3) is 0.400. The van der Waals surface area contributed by atoms with Crippen LogP contribution in [0.2, 0.25) is 0 Å². The van der Waals surface area contributed by atoms with Crippen LogP contribution < -0.4 is 5.69 Å². The lowest BCUT2D eigenvalue weighted by Crippen LogP contribution is -2.19. The highest BCUT2D eigenvalue weighted by molar-refractivity contribution is 5.48. The van der Waals surface area contributed by atoms with Crippen molar-refractivity contribution in [2.45, 2.75) is 47.0 Å². The van der Waals surface area contributed by atoms with Gasteiger partial charge in [0.1, 0.15) is 0 Å². The second-order valence-corrected chi connectivity index (χ2v) is 7.15. The normalized spacial score (nSPS) is 19.4. The molecule has 0 saturated heterocycles. The average Bonchev–Trinajstić information content (AvgIpc) is 2.91. The minimum absolute atomic E-state index is 0.0226. The van der Waals surface area contributed by atoms with Crippen molar-refractivity contribution in [2.75, 3.05) is 0 Å². The maximum Gasteiger partial charge on any atom is 0.340 e. The number of nitrogens with zero attached hydrogens (tertiary/aromatic N) is 1. The predicted molar refractivity (Wildman–Crippen MR) is 102 cm³/mol. The van der Waals surface area contributed by atoms with Crippen LogP contribution in [-0.2, 0) is 0 Å². The molecule has 0 saturated carbocycles. The van der Waals surface area contributed by atoms with E-state index in [1.165, 1.54) is 0 Å². The van der Waals surface area contributed by atoms with Gasteiger partial charge in [-0.15, -0.1) is 0 Å². The lowest BCUT2D eigenvalue weighted by Gasteiger charge is -2.31. The number of aliphatic hydroxyl groups is 1. The largest absolute Gasteiger partial charge is 0.512 e. The van der Waals surface area contributed by atoms with Crippen molar-refractivity contribution in [2.24, 2.45) is 5.41 Å². The molecule has 0 atom stereocenters. The first kappa shape index (κ1) is 18.8. The summed E-state index contributed by atoms with van der Waals surface area (Å²) in [7, 11) is 0. The van der Waals surface area contributed by atoms with Gasteiger partial charge in [0.25, 0.3) is 0 Å². The Kier molecular flexibility index (Phi) is 6.02. The minimum atomic E-state index is -0.313. The molecule has 1 aliphatic carbocycles. The molecule has 3 N–H and O–H groups in total. The summed E-state index contributed by atoms with van der Waals surface area (Å²) in [5, 5.41) is 16.3. The van der Waals surface area contributed by atoms with Crippen LogP contribution in [0.15, 0.2) is 57.7 Å². The van der Waals surface area contributed by atoms with Crippen LogP contribution in [0.3, 0.4) is 0 Å². The van der Waals surface area contributed by atoms with Gasteiger partial charge in [-0.3, -0.25) is 4.98 Å². The first-order valence-corrected chi connectivity index (χ1v) is 8.56. The summed E-state index contributed by atoms with van der Waals surface area (Å²) in [6, 6.07) is 0. The monoisotopic (exact) mass is 341 g/mol. The maximum absolute atomic E-state index is 11.0. The van der Waals surface area contributed by atoms with E-state index >= 15 is 0 Å². The fourth-order valence-electron chi connectivity index (χ4n) is 2.92. The molecule has 0 amide bonds. The smallest absolute Gasteiger partial charge is 0.340 e. The summed E-state index contributed by atoms with van der Waals surface area (Å²) in [5.74, 6) is 1.03. The van der Waals surface area contributed by atoms with E-state index in [-0.39, 0.29) is 11.1 Å². The number of nitrogens with one attached hydrogen (secondary N) is 2. The number of rotatable bonds is 5. The Bertz CT molecular complexity index is 814. The van der Waals surface area contributed by atoms with Crippen LogP contribution in [0, 0.1) is 5.41 Å². The van der Waals surface area contributed by atoms with Gasteiger partial charge in [0, 0.05) is 6.42 Å². The van der Waals surface area contributed by atoms with Crippen LogP contribution in [0.5, 0.6) is 0 Å². The Balaban J connectivity index is 2.04. The SMILES string of the molecule is CC(/C=C/C1=C(O)CCCC1(C)C)=C\C=C\C(C)=C\c1n[nH]c(=O)[nH]1. The van der Waals surface area contributed by atoms with E-state index < -0.39 is 0 Å². The van der Waals surface area contributed by atoms with Crippen molar-refractivity contribution >= 4 is 6.08 Å². The van der Waals surface area contributed by atoms with Gasteiger partial charge in [0.05, 0.1) is 5.76 Å². The van der Waals surface area contributed by atoms with Crippen LogP contribution in [0.1, 0.15) is 52.8 Å². The first-order valence-electron chi connectivity index (χ1n) is 8.56. The van der Waals surface area contributed by atoms with Crippen molar-refractivity contribution in [1.29, 1.82) is 0 Å². The molecule has 0 fully saturated rings. The number of H-pyrrole nitrogens is 2.